The SMILES string of the molecule is CCOc1ccccc1-c1ccc(CNCC(C)C)c(=O)[nH]1. The van der Waals surface area contributed by atoms with Crippen molar-refractivity contribution in [1.29, 1.82) is 0 Å². The van der Waals surface area contributed by atoms with Crippen LogP contribution in [0.3, 0.4) is 0 Å². The second kappa shape index (κ2) is 7.80. The number of aromatic nitrogens is 1. The quantitative estimate of drug-likeness (QED) is 0.825. The summed E-state index contributed by atoms with van der Waals surface area (Å²) in [6, 6.07) is 11.5. The Hall–Kier alpha value is -2.07. The molecule has 0 aliphatic heterocycles. The van der Waals surface area contributed by atoms with Crippen LogP contribution in [0.15, 0.2) is 41.2 Å². The van der Waals surface area contributed by atoms with Crippen molar-refractivity contribution in [2.24, 2.45) is 5.92 Å². The van der Waals surface area contributed by atoms with E-state index in [0.29, 0.717) is 19.1 Å². The third-order valence-electron chi connectivity index (χ3n) is 3.34. The highest BCUT2D eigenvalue weighted by atomic mass is 16.5. The van der Waals surface area contributed by atoms with Crippen molar-refractivity contribution >= 4 is 0 Å². The number of H-pyrrole nitrogens is 1. The molecule has 0 aliphatic rings. The maximum absolute atomic E-state index is 12.2. The Labute approximate surface area is 131 Å². The number of pyridine rings is 1. The lowest BCUT2D eigenvalue weighted by Gasteiger charge is -2.11. The molecule has 1 aromatic carbocycles. The van der Waals surface area contributed by atoms with Gasteiger partial charge in [-0.05, 0) is 37.6 Å². The van der Waals surface area contributed by atoms with Crippen LogP contribution in [0.25, 0.3) is 11.3 Å². The Kier molecular flexibility index (Phi) is 5.78. The van der Waals surface area contributed by atoms with Crippen LogP contribution in [-0.2, 0) is 6.54 Å². The molecule has 0 radical (unpaired) electrons. The number of nitrogens with one attached hydrogen (secondary N) is 2. The average molecular weight is 300 g/mol. The van der Waals surface area contributed by atoms with Gasteiger partial charge in [0.25, 0.3) is 5.56 Å². The fraction of sp³-hybridized carbons (Fsp3) is 0.389. The van der Waals surface area contributed by atoms with Crippen LogP contribution in [-0.4, -0.2) is 18.1 Å². The number of aromatic amines is 1. The topological polar surface area (TPSA) is 54.1 Å². The molecule has 118 valence electrons. The summed E-state index contributed by atoms with van der Waals surface area (Å²) in [5.74, 6) is 1.35. The molecular formula is C18H24N2O2. The molecule has 0 amide bonds. The molecule has 0 saturated carbocycles. The van der Waals surface area contributed by atoms with Crippen LogP contribution in [0.2, 0.25) is 0 Å². The lowest BCUT2D eigenvalue weighted by Crippen LogP contribution is -2.24. The number of hydrogen-bond donors (Lipinski definition) is 2. The third-order valence-corrected chi connectivity index (χ3v) is 3.34. The standard InChI is InChI=1S/C18H24N2O2/c1-4-22-17-8-6-5-7-15(17)16-10-9-14(18(21)20-16)12-19-11-13(2)3/h5-10,13,19H,4,11-12H2,1-3H3,(H,20,21). The predicted octanol–water partition coefficient (Wildman–Crippen LogP) is 3.19. The molecule has 1 heterocycles. The Bertz CT molecular complexity index is 662. The molecule has 22 heavy (non-hydrogen) atoms. The van der Waals surface area contributed by atoms with Crippen LogP contribution in [0.5, 0.6) is 5.75 Å². The molecular weight excluding hydrogens is 276 g/mol. The summed E-state index contributed by atoms with van der Waals surface area (Å²) in [6.45, 7) is 8.31. The van der Waals surface area contributed by atoms with E-state index in [1.165, 1.54) is 0 Å². The van der Waals surface area contributed by atoms with E-state index in [4.69, 9.17) is 4.74 Å². The van der Waals surface area contributed by atoms with Crippen molar-refractivity contribution in [3.8, 4) is 17.0 Å². The normalized spacial score (nSPS) is 10.9. The Morgan fingerprint density at radius 1 is 1.18 bits per heavy atom. The maximum atomic E-state index is 12.2. The van der Waals surface area contributed by atoms with Crippen LogP contribution in [0.1, 0.15) is 26.3 Å². The molecule has 0 spiro atoms. The van der Waals surface area contributed by atoms with Gasteiger partial charge in [-0.3, -0.25) is 4.79 Å². The summed E-state index contributed by atoms with van der Waals surface area (Å²) in [4.78, 5) is 15.2. The first-order valence-corrected chi connectivity index (χ1v) is 7.77. The van der Waals surface area contributed by atoms with Crippen molar-refractivity contribution in [2.75, 3.05) is 13.2 Å². The zero-order chi connectivity index (χ0) is 15.9. The number of rotatable bonds is 7. The molecule has 2 rings (SSSR count). The highest BCUT2D eigenvalue weighted by Gasteiger charge is 2.08. The fourth-order valence-corrected chi connectivity index (χ4v) is 2.27. The molecule has 4 heteroatoms. The first kappa shape index (κ1) is 16.3. The van der Waals surface area contributed by atoms with Crippen molar-refractivity contribution in [1.82, 2.24) is 10.3 Å². The van der Waals surface area contributed by atoms with Crippen molar-refractivity contribution in [3.05, 3.63) is 52.3 Å². The Morgan fingerprint density at radius 2 is 1.95 bits per heavy atom. The fourth-order valence-electron chi connectivity index (χ4n) is 2.27. The van der Waals surface area contributed by atoms with Crippen LogP contribution in [0.4, 0.5) is 0 Å². The van der Waals surface area contributed by atoms with Gasteiger partial charge in [-0.1, -0.05) is 32.0 Å². The van der Waals surface area contributed by atoms with Crippen molar-refractivity contribution in [2.45, 2.75) is 27.3 Å². The van der Waals surface area contributed by atoms with Gasteiger partial charge in [0.05, 0.1) is 12.3 Å². The Morgan fingerprint density at radius 3 is 2.64 bits per heavy atom. The Balaban J connectivity index is 2.21. The lowest BCUT2D eigenvalue weighted by atomic mass is 10.1. The van der Waals surface area contributed by atoms with Crippen LogP contribution < -0.4 is 15.6 Å². The molecule has 0 atom stereocenters. The minimum Gasteiger partial charge on any atom is -0.493 e. The van der Waals surface area contributed by atoms with Gasteiger partial charge < -0.3 is 15.0 Å². The number of para-hydroxylation sites is 1. The van der Waals surface area contributed by atoms with Gasteiger partial charge in [0.2, 0.25) is 0 Å². The van der Waals surface area contributed by atoms with E-state index in [0.717, 1.165) is 29.1 Å². The van der Waals surface area contributed by atoms with E-state index in [9.17, 15) is 4.79 Å². The van der Waals surface area contributed by atoms with E-state index in [-0.39, 0.29) is 5.56 Å². The van der Waals surface area contributed by atoms with E-state index < -0.39 is 0 Å². The number of ether oxygens (including phenoxy) is 1. The lowest BCUT2D eigenvalue weighted by molar-refractivity contribution is 0.341. The molecule has 0 saturated heterocycles. The molecule has 0 unspecified atom stereocenters. The smallest absolute Gasteiger partial charge is 0.252 e. The van der Waals surface area contributed by atoms with Crippen molar-refractivity contribution < 1.29 is 4.74 Å². The van der Waals surface area contributed by atoms with Gasteiger partial charge in [-0.25, -0.2) is 0 Å². The second-order valence-corrected chi connectivity index (χ2v) is 5.68. The maximum Gasteiger partial charge on any atom is 0.252 e. The highest BCUT2D eigenvalue weighted by molar-refractivity contribution is 5.66. The molecule has 2 N–H and O–H groups in total. The molecule has 2 aromatic rings. The van der Waals surface area contributed by atoms with E-state index >= 15 is 0 Å². The first-order chi connectivity index (χ1) is 10.6. The zero-order valence-electron chi connectivity index (χ0n) is 13.5. The molecule has 4 nitrogen and oxygen atoms in total. The van der Waals surface area contributed by atoms with Gasteiger partial charge in [0.15, 0.2) is 0 Å². The molecule has 0 fully saturated rings. The monoisotopic (exact) mass is 300 g/mol. The van der Waals surface area contributed by atoms with Crippen molar-refractivity contribution in [3.63, 3.8) is 0 Å². The van der Waals surface area contributed by atoms with Gasteiger partial charge in [0.1, 0.15) is 5.75 Å². The summed E-state index contributed by atoms with van der Waals surface area (Å²) in [6.07, 6.45) is 0. The van der Waals surface area contributed by atoms with E-state index in [1.807, 2.05) is 43.3 Å². The van der Waals surface area contributed by atoms with E-state index in [1.54, 1.807) is 0 Å². The van der Waals surface area contributed by atoms with Gasteiger partial charge in [-0.15, -0.1) is 0 Å². The average Bonchev–Trinajstić information content (AvgIpc) is 2.49. The second-order valence-electron chi connectivity index (χ2n) is 5.68. The molecule has 0 bridgehead atoms. The third kappa shape index (κ3) is 4.21. The van der Waals surface area contributed by atoms with E-state index in [2.05, 4.69) is 24.1 Å². The molecule has 0 aliphatic carbocycles. The first-order valence-electron chi connectivity index (χ1n) is 7.77. The summed E-state index contributed by atoms with van der Waals surface area (Å²) >= 11 is 0. The largest absolute Gasteiger partial charge is 0.493 e. The summed E-state index contributed by atoms with van der Waals surface area (Å²) in [7, 11) is 0. The summed E-state index contributed by atoms with van der Waals surface area (Å²) in [5, 5.41) is 3.29. The van der Waals surface area contributed by atoms with Crippen LogP contribution in [0, 0.1) is 5.92 Å². The van der Waals surface area contributed by atoms with Gasteiger partial charge >= 0.3 is 0 Å². The summed E-state index contributed by atoms with van der Waals surface area (Å²) in [5.41, 5.74) is 2.38. The van der Waals surface area contributed by atoms with Gasteiger partial charge in [-0.2, -0.15) is 0 Å². The zero-order valence-corrected chi connectivity index (χ0v) is 13.5. The predicted molar refractivity (Wildman–Crippen MR) is 90.2 cm³/mol. The minimum absolute atomic E-state index is 0.0555. The van der Waals surface area contributed by atoms with Crippen LogP contribution >= 0.6 is 0 Å². The van der Waals surface area contributed by atoms with Gasteiger partial charge in [0, 0.05) is 17.7 Å². The highest BCUT2D eigenvalue weighted by Crippen LogP contribution is 2.27. The summed E-state index contributed by atoms with van der Waals surface area (Å²) < 4.78 is 5.62. The minimum atomic E-state index is -0.0555. The number of hydrogen-bond acceptors (Lipinski definition) is 3. The molecule has 1 aromatic heterocycles. The number of benzene rings is 1.